The normalized spacial score (nSPS) is 10.2. The second kappa shape index (κ2) is 8.95. The van der Waals surface area contributed by atoms with Crippen molar-refractivity contribution in [1.82, 2.24) is 5.32 Å². The molecule has 0 spiro atoms. The van der Waals surface area contributed by atoms with Gasteiger partial charge in [0.1, 0.15) is 22.8 Å². The van der Waals surface area contributed by atoms with Crippen LogP contribution in [0.4, 0.5) is 14.5 Å². The van der Waals surface area contributed by atoms with Crippen LogP contribution in [0.3, 0.4) is 0 Å². The number of amides is 1. The van der Waals surface area contributed by atoms with Crippen LogP contribution in [-0.2, 0) is 0 Å². The van der Waals surface area contributed by atoms with Crippen molar-refractivity contribution in [3.63, 3.8) is 0 Å². The standard InChI is InChI=1S/C17H16F2N2O4S/c1-23-12-8-5-9-13(24-2)14(12)15(22)21-17(26)20-10-6-3-4-7-11(10)25-16(18)19/h3-9,16H,1-2H3,(H2,20,21,22,26). The quantitative estimate of drug-likeness (QED) is 0.746. The van der Waals surface area contributed by atoms with Gasteiger partial charge in [0.05, 0.1) is 19.9 Å². The van der Waals surface area contributed by atoms with Gasteiger partial charge in [-0.1, -0.05) is 18.2 Å². The molecule has 0 aliphatic rings. The third-order valence-electron chi connectivity index (χ3n) is 3.23. The first-order valence-electron chi connectivity index (χ1n) is 7.33. The maximum Gasteiger partial charge on any atom is 0.387 e. The Morgan fingerprint density at radius 3 is 2.15 bits per heavy atom. The molecule has 2 rings (SSSR count). The largest absolute Gasteiger partial charge is 0.496 e. The number of anilines is 1. The van der Waals surface area contributed by atoms with Crippen LogP contribution in [0.25, 0.3) is 0 Å². The third kappa shape index (κ3) is 4.79. The van der Waals surface area contributed by atoms with Gasteiger partial charge in [-0.2, -0.15) is 8.78 Å². The number of alkyl halides is 2. The van der Waals surface area contributed by atoms with Crippen LogP contribution in [0.2, 0.25) is 0 Å². The molecule has 0 saturated heterocycles. The summed E-state index contributed by atoms with van der Waals surface area (Å²) in [5, 5.41) is 5.00. The summed E-state index contributed by atoms with van der Waals surface area (Å²) in [6.07, 6.45) is 0. The molecule has 6 nitrogen and oxygen atoms in total. The molecule has 0 fully saturated rings. The van der Waals surface area contributed by atoms with Crippen molar-refractivity contribution in [2.24, 2.45) is 0 Å². The summed E-state index contributed by atoms with van der Waals surface area (Å²) in [5.74, 6) is -0.0878. The lowest BCUT2D eigenvalue weighted by atomic mass is 10.1. The van der Waals surface area contributed by atoms with E-state index in [-0.39, 0.29) is 22.1 Å². The van der Waals surface area contributed by atoms with E-state index >= 15 is 0 Å². The smallest absolute Gasteiger partial charge is 0.387 e. The molecule has 0 heterocycles. The lowest BCUT2D eigenvalue weighted by molar-refractivity contribution is -0.0493. The zero-order valence-electron chi connectivity index (χ0n) is 13.9. The van der Waals surface area contributed by atoms with E-state index in [1.54, 1.807) is 24.3 Å². The summed E-state index contributed by atoms with van der Waals surface area (Å²) in [6.45, 7) is -2.99. The fraction of sp³-hybridized carbons (Fsp3) is 0.176. The highest BCUT2D eigenvalue weighted by Crippen LogP contribution is 2.28. The van der Waals surface area contributed by atoms with Crippen molar-refractivity contribution in [2.45, 2.75) is 6.61 Å². The molecule has 26 heavy (non-hydrogen) atoms. The topological polar surface area (TPSA) is 68.8 Å². The summed E-state index contributed by atoms with van der Waals surface area (Å²) in [4.78, 5) is 12.5. The number of carbonyl (C=O) groups excluding carboxylic acids is 1. The molecule has 2 aromatic rings. The molecule has 1 amide bonds. The molecule has 0 atom stereocenters. The fourth-order valence-corrected chi connectivity index (χ4v) is 2.37. The second-order valence-corrected chi connectivity index (χ2v) is 5.23. The molecular formula is C17H16F2N2O4S. The molecule has 9 heteroatoms. The van der Waals surface area contributed by atoms with Gasteiger partial charge < -0.3 is 19.5 Å². The predicted molar refractivity (Wildman–Crippen MR) is 96.3 cm³/mol. The summed E-state index contributed by atoms with van der Waals surface area (Å²) in [6, 6.07) is 10.8. The minimum absolute atomic E-state index is 0.103. The van der Waals surface area contributed by atoms with Gasteiger partial charge in [0.25, 0.3) is 5.91 Å². The predicted octanol–water partition coefficient (Wildman–Crippen LogP) is 3.43. The van der Waals surface area contributed by atoms with Crippen LogP contribution in [0.1, 0.15) is 10.4 Å². The van der Waals surface area contributed by atoms with Gasteiger partial charge in [-0.3, -0.25) is 10.1 Å². The summed E-state index contributed by atoms with van der Waals surface area (Å²) in [7, 11) is 2.83. The Kier molecular flexibility index (Phi) is 6.67. The van der Waals surface area contributed by atoms with E-state index in [9.17, 15) is 13.6 Å². The van der Waals surface area contributed by atoms with Gasteiger partial charge in [-0.15, -0.1) is 0 Å². The van der Waals surface area contributed by atoms with Crippen molar-refractivity contribution in [1.29, 1.82) is 0 Å². The molecule has 0 unspecified atom stereocenters. The van der Waals surface area contributed by atoms with Gasteiger partial charge in [0.2, 0.25) is 0 Å². The number of hydrogen-bond acceptors (Lipinski definition) is 5. The first-order valence-corrected chi connectivity index (χ1v) is 7.74. The molecule has 2 aromatic carbocycles. The fourth-order valence-electron chi connectivity index (χ4n) is 2.16. The van der Waals surface area contributed by atoms with Crippen molar-refractivity contribution >= 4 is 28.9 Å². The zero-order chi connectivity index (χ0) is 19.1. The molecule has 0 aromatic heterocycles. The Bertz CT molecular complexity index is 780. The van der Waals surface area contributed by atoms with Gasteiger partial charge in [-0.05, 0) is 36.5 Å². The average Bonchev–Trinajstić information content (AvgIpc) is 2.61. The zero-order valence-corrected chi connectivity index (χ0v) is 14.7. The number of carbonyl (C=O) groups is 1. The maximum absolute atomic E-state index is 12.5. The minimum Gasteiger partial charge on any atom is -0.496 e. The number of halogens is 2. The van der Waals surface area contributed by atoms with E-state index in [0.29, 0.717) is 11.5 Å². The molecule has 0 aliphatic heterocycles. The minimum atomic E-state index is -2.99. The van der Waals surface area contributed by atoms with E-state index in [4.69, 9.17) is 21.7 Å². The number of thiocarbonyl (C=S) groups is 1. The monoisotopic (exact) mass is 382 g/mol. The highest BCUT2D eigenvalue weighted by Gasteiger charge is 2.19. The second-order valence-electron chi connectivity index (χ2n) is 4.82. The van der Waals surface area contributed by atoms with E-state index in [0.717, 1.165) is 0 Å². The van der Waals surface area contributed by atoms with Crippen molar-refractivity contribution < 1.29 is 27.8 Å². The van der Waals surface area contributed by atoms with Crippen LogP contribution in [0, 0.1) is 0 Å². The van der Waals surface area contributed by atoms with Crippen LogP contribution in [0.5, 0.6) is 17.2 Å². The summed E-state index contributed by atoms with van der Waals surface area (Å²) < 4.78 is 39.6. The number of benzene rings is 2. The molecule has 138 valence electrons. The van der Waals surface area contributed by atoms with E-state index in [2.05, 4.69) is 15.4 Å². The SMILES string of the molecule is COc1cccc(OC)c1C(=O)NC(=S)Nc1ccccc1OC(F)F. The van der Waals surface area contributed by atoms with Crippen LogP contribution >= 0.6 is 12.2 Å². The van der Waals surface area contributed by atoms with Crippen molar-refractivity contribution in [3.05, 3.63) is 48.0 Å². The number of nitrogens with one attached hydrogen (secondary N) is 2. The third-order valence-corrected chi connectivity index (χ3v) is 3.44. The Balaban J connectivity index is 2.16. The van der Waals surface area contributed by atoms with Gasteiger partial charge >= 0.3 is 6.61 Å². The van der Waals surface area contributed by atoms with E-state index in [1.807, 2.05) is 0 Å². The number of para-hydroxylation sites is 2. The maximum atomic E-state index is 12.5. The first kappa shape index (κ1) is 19.4. The number of rotatable bonds is 6. The summed E-state index contributed by atoms with van der Waals surface area (Å²) in [5.41, 5.74) is 0.337. The Morgan fingerprint density at radius 2 is 1.58 bits per heavy atom. The Labute approximate surface area is 154 Å². The Hall–Kier alpha value is -2.94. The molecule has 0 aliphatic carbocycles. The number of hydrogen-bond donors (Lipinski definition) is 2. The van der Waals surface area contributed by atoms with E-state index < -0.39 is 12.5 Å². The Morgan fingerprint density at radius 1 is 1.00 bits per heavy atom. The van der Waals surface area contributed by atoms with Gasteiger partial charge in [0.15, 0.2) is 5.11 Å². The highest BCUT2D eigenvalue weighted by molar-refractivity contribution is 7.80. The molecule has 0 saturated carbocycles. The highest BCUT2D eigenvalue weighted by atomic mass is 32.1. The number of ether oxygens (including phenoxy) is 3. The molecule has 2 N–H and O–H groups in total. The number of methoxy groups -OCH3 is 2. The van der Waals surface area contributed by atoms with Crippen LogP contribution in [-0.4, -0.2) is 31.9 Å². The summed E-state index contributed by atoms with van der Waals surface area (Å²) >= 11 is 5.08. The van der Waals surface area contributed by atoms with Crippen LogP contribution in [0.15, 0.2) is 42.5 Å². The molecule has 0 radical (unpaired) electrons. The lowest BCUT2D eigenvalue weighted by Gasteiger charge is -2.15. The van der Waals surface area contributed by atoms with E-state index in [1.165, 1.54) is 32.4 Å². The lowest BCUT2D eigenvalue weighted by Crippen LogP contribution is -2.34. The molecular weight excluding hydrogens is 366 g/mol. The van der Waals surface area contributed by atoms with Crippen LogP contribution < -0.4 is 24.8 Å². The van der Waals surface area contributed by atoms with Gasteiger partial charge in [-0.25, -0.2) is 0 Å². The molecule has 0 bridgehead atoms. The van der Waals surface area contributed by atoms with Crippen molar-refractivity contribution in [2.75, 3.05) is 19.5 Å². The van der Waals surface area contributed by atoms with Crippen molar-refractivity contribution in [3.8, 4) is 17.2 Å². The first-order chi connectivity index (χ1) is 12.5. The van der Waals surface area contributed by atoms with Gasteiger partial charge in [0, 0.05) is 0 Å². The average molecular weight is 382 g/mol.